The zero-order valence-electron chi connectivity index (χ0n) is 9.51. The molecule has 0 aliphatic rings. The maximum absolute atomic E-state index is 11.5. The van der Waals surface area contributed by atoms with E-state index in [1.165, 1.54) is 0 Å². The molecule has 0 heterocycles. The van der Waals surface area contributed by atoms with Crippen molar-refractivity contribution in [3.05, 3.63) is 64.1 Å². The van der Waals surface area contributed by atoms with Gasteiger partial charge in [-0.3, -0.25) is 4.79 Å². The Labute approximate surface area is 113 Å². The van der Waals surface area contributed by atoms with E-state index in [1.807, 2.05) is 18.2 Å². The van der Waals surface area contributed by atoms with E-state index in [9.17, 15) is 9.90 Å². The van der Waals surface area contributed by atoms with Gasteiger partial charge in [-0.25, -0.2) is 0 Å². The number of carbonyl (C=O) groups is 1. The summed E-state index contributed by atoms with van der Waals surface area (Å²) in [5.41, 5.74) is 7.69. The molecule has 0 aliphatic heterocycles. The average Bonchev–Trinajstić information content (AvgIpc) is 2.32. The van der Waals surface area contributed by atoms with E-state index in [2.05, 4.69) is 15.9 Å². The molecule has 18 heavy (non-hydrogen) atoms. The number of hydrogen-bond acceptors (Lipinski definition) is 2. The van der Waals surface area contributed by atoms with Crippen LogP contribution in [0.15, 0.2) is 53.0 Å². The second-order valence-electron chi connectivity index (χ2n) is 3.99. The molecule has 0 aliphatic carbocycles. The largest absolute Gasteiger partial charge is 0.481 e. The van der Waals surface area contributed by atoms with Crippen LogP contribution in [0.4, 0.5) is 5.69 Å². The van der Waals surface area contributed by atoms with E-state index < -0.39 is 11.9 Å². The molecule has 92 valence electrons. The van der Waals surface area contributed by atoms with Crippen molar-refractivity contribution in [3.8, 4) is 0 Å². The highest BCUT2D eigenvalue weighted by Crippen LogP contribution is 2.27. The minimum absolute atomic E-state index is 0.622. The number of rotatable bonds is 3. The third kappa shape index (κ3) is 2.71. The van der Waals surface area contributed by atoms with Crippen LogP contribution in [0.3, 0.4) is 0 Å². The molecule has 2 aromatic rings. The molecule has 2 rings (SSSR count). The molecule has 1 atom stereocenters. The number of carboxylic acid groups (broad SMARTS) is 1. The molecule has 0 bridgehead atoms. The van der Waals surface area contributed by atoms with E-state index in [0.29, 0.717) is 5.69 Å². The molecule has 0 aromatic heterocycles. The average molecular weight is 306 g/mol. The zero-order valence-corrected chi connectivity index (χ0v) is 11.1. The second kappa shape index (κ2) is 5.23. The van der Waals surface area contributed by atoms with Gasteiger partial charge in [0.2, 0.25) is 0 Å². The minimum Gasteiger partial charge on any atom is -0.481 e. The van der Waals surface area contributed by atoms with Crippen molar-refractivity contribution in [3.63, 3.8) is 0 Å². The fourth-order valence-corrected chi connectivity index (χ4v) is 2.27. The number of nitrogens with two attached hydrogens (primary N) is 1. The molecule has 0 amide bonds. The fourth-order valence-electron chi connectivity index (χ4n) is 1.85. The normalized spacial score (nSPS) is 12.1. The SMILES string of the molecule is Nc1ccc(C(C(=O)O)c2cccc(Br)c2)cc1. The summed E-state index contributed by atoms with van der Waals surface area (Å²) in [4.78, 5) is 11.5. The molecule has 0 saturated heterocycles. The first kappa shape index (κ1) is 12.6. The molecule has 4 heteroatoms. The number of benzene rings is 2. The van der Waals surface area contributed by atoms with Gasteiger partial charge >= 0.3 is 5.97 Å². The summed E-state index contributed by atoms with van der Waals surface area (Å²) in [5.74, 6) is -1.55. The Bertz CT molecular complexity index is 566. The first-order chi connectivity index (χ1) is 8.58. The zero-order chi connectivity index (χ0) is 13.1. The number of halogens is 1. The summed E-state index contributed by atoms with van der Waals surface area (Å²) in [6.07, 6.45) is 0. The lowest BCUT2D eigenvalue weighted by molar-refractivity contribution is -0.137. The molecule has 0 fully saturated rings. The Morgan fingerprint density at radius 1 is 1.11 bits per heavy atom. The van der Waals surface area contributed by atoms with Crippen LogP contribution in [0.25, 0.3) is 0 Å². The Morgan fingerprint density at radius 3 is 2.33 bits per heavy atom. The third-order valence-electron chi connectivity index (χ3n) is 2.70. The molecule has 0 radical (unpaired) electrons. The Balaban J connectivity index is 2.46. The lowest BCUT2D eigenvalue weighted by Crippen LogP contribution is -2.13. The highest BCUT2D eigenvalue weighted by Gasteiger charge is 2.21. The van der Waals surface area contributed by atoms with E-state index >= 15 is 0 Å². The summed E-state index contributed by atoms with van der Waals surface area (Å²) in [5, 5.41) is 9.39. The predicted octanol–water partition coefficient (Wildman–Crippen LogP) is 3.25. The Hall–Kier alpha value is -1.81. The summed E-state index contributed by atoms with van der Waals surface area (Å²) in [6.45, 7) is 0. The first-order valence-electron chi connectivity index (χ1n) is 5.41. The van der Waals surface area contributed by atoms with Crippen LogP contribution in [-0.2, 0) is 4.79 Å². The van der Waals surface area contributed by atoms with Crippen molar-refractivity contribution in [2.24, 2.45) is 0 Å². The number of anilines is 1. The standard InChI is InChI=1S/C14H12BrNO2/c15-11-3-1-2-10(8-11)13(14(17)18)9-4-6-12(16)7-5-9/h1-8,13H,16H2,(H,17,18). The molecule has 1 unspecified atom stereocenters. The van der Waals surface area contributed by atoms with Crippen LogP contribution < -0.4 is 5.73 Å². The van der Waals surface area contributed by atoms with Gasteiger partial charge in [-0.15, -0.1) is 0 Å². The van der Waals surface area contributed by atoms with Crippen molar-refractivity contribution >= 4 is 27.6 Å². The van der Waals surface area contributed by atoms with Gasteiger partial charge in [0.05, 0.1) is 0 Å². The van der Waals surface area contributed by atoms with Crippen LogP contribution in [0, 0.1) is 0 Å². The van der Waals surface area contributed by atoms with Crippen molar-refractivity contribution in [1.82, 2.24) is 0 Å². The highest BCUT2D eigenvalue weighted by molar-refractivity contribution is 9.10. The minimum atomic E-state index is -0.877. The third-order valence-corrected chi connectivity index (χ3v) is 3.19. The van der Waals surface area contributed by atoms with Crippen molar-refractivity contribution in [1.29, 1.82) is 0 Å². The number of aliphatic carboxylic acids is 1. The summed E-state index contributed by atoms with van der Waals surface area (Å²) in [6, 6.07) is 14.2. The lowest BCUT2D eigenvalue weighted by Gasteiger charge is -2.13. The predicted molar refractivity (Wildman–Crippen MR) is 74.5 cm³/mol. The number of hydrogen-bond donors (Lipinski definition) is 2. The molecule has 3 N–H and O–H groups in total. The van der Waals surface area contributed by atoms with Crippen LogP contribution in [0.2, 0.25) is 0 Å². The maximum Gasteiger partial charge on any atom is 0.315 e. The van der Waals surface area contributed by atoms with Gasteiger partial charge in [0.25, 0.3) is 0 Å². The maximum atomic E-state index is 11.5. The van der Waals surface area contributed by atoms with Gasteiger partial charge in [-0.2, -0.15) is 0 Å². The number of nitrogen functional groups attached to an aromatic ring is 1. The Kier molecular flexibility index (Phi) is 3.67. The quantitative estimate of drug-likeness (QED) is 0.856. The summed E-state index contributed by atoms with van der Waals surface area (Å²) in [7, 11) is 0. The number of carboxylic acids is 1. The van der Waals surface area contributed by atoms with Gasteiger partial charge in [-0.05, 0) is 35.4 Å². The molecule has 0 saturated carbocycles. The van der Waals surface area contributed by atoms with Crippen molar-refractivity contribution in [2.75, 3.05) is 5.73 Å². The van der Waals surface area contributed by atoms with Crippen LogP contribution in [-0.4, -0.2) is 11.1 Å². The summed E-state index contributed by atoms with van der Waals surface area (Å²) >= 11 is 3.35. The first-order valence-corrected chi connectivity index (χ1v) is 6.21. The fraction of sp³-hybridized carbons (Fsp3) is 0.0714. The molecular formula is C14H12BrNO2. The van der Waals surface area contributed by atoms with Crippen LogP contribution >= 0.6 is 15.9 Å². The molecular weight excluding hydrogens is 294 g/mol. The van der Waals surface area contributed by atoms with Gasteiger partial charge in [-0.1, -0.05) is 40.2 Å². The van der Waals surface area contributed by atoms with E-state index in [1.54, 1.807) is 30.3 Å². The van der Waals surface area contributed by atoms with E-state index in [4.69, 9.17) is 5.73 Å². The van der Waals surface area contributed by atoms with Crippen molar-refractivity contribution in [2.45, 2.75) is 5.92 Å². The molecule has 3 nitrogen and oxygen atoms in total. The Morgan fingerprint density at radius 2 is 1.78 bits per heavy atom. The lowest BCUT2D eigenvalue weighted by atomic mass is 9.91. The molecule has 0 spiro atoms. The van der Waals surface area contributed by atoms with Gasteiger partial charge < -0.3 is 10.8 Å². The van der Waals surface area contributed by atoms with Crippen LogP contribution in [0.1, 0.15) is 17.0 Å². The highest BCUT2D eigenvalue weighted by atomic mass is 79.9. The van der Waals surface area contributed by atoms with Crippen LogP contribution in [0.5, 0.6) is 0 Å². The monoisotopic (exact) mass is 305 g/mol. The topological polar surface area (TPSA) is 63.3 Å². The van der Waals surface area contributed by atoms with Gasteiger partial charge in [0.1, 0.15) is 5.92 Å². The molecule has 2 aromatic carbocycles. The van der Waals surface area contributed by atoms with E-state index in [-0.39, 0.29) is 0 Å². The smallest absolute Gasteiger partial charge is 0.315 e. The van der Waals surface area contributed by atoms with Gasteiger partial charge in [0, 0.05) is 10.2 Å². The van der Waals surface area contributed by atoms with E-state index in [0.717, 1.165) is 15.6 Å². The second-order valence-corrected chi connectivity index (χ2v) is 4.91. The summed E-state index contributed by atoms with van der Waals surface area (Å²) < 4.78 is 0.863. The van der Waals surface area contributed by atoms with Crippen molar-refractivity contribution < 1.29 is 9.90 Å². The van der Waals surface area contributed by atoms with Gasteiger partial charge in [0.15, 0.2) is 0 Å².